The Kier molecular flexibility index (Phi) is 8.57. The molecule has 0 unspecified atom stereocenters. The fraction of sp³-hybridized carbons (Fsp3) is 0.348. The molecule has 6 heteroatoms. The normalized spacial score (nSPS) is 14.6. The van der Waals surface area contributed by atoms with Gasteiger partial charge in [-0.15, -0.1) is 24.8 Å². The highest BCUT2D eigenvalue weighted by Crippen LogP contribution is 2.31. The molecular weight excluding hydrogens is 405 g/mol. The number of hydrogen-bond donors (Lipinski definition) is 0. The third-order valence-corrected chi connectivity index (χ3v) is 5.44. The lowest BCUT2D eigenvalue weighted by Crippen LogP contribution is -2.31. The Bertz CT molecular complexity index is 918. The van der Waals surface area contributed by atoms with Crippen molar-refractivity contribution in [3.63, 3.8) is 0 Å². The molecule has 1 aromatic heterocycles. The molecule has 0 amide bonds. The number of rotatable bonds is 4. The molecule has 3 aromatic rings. The van der Waals surface area contributed by atoms with Crippen molar-refractivity contribution in [3.8, 4) is 17.0 Å². The molecule has 4 rings (SSSR count). The Hall–Kier alpha value is -2.01. The highest BCUT2D eigenvalue weighted by molar-refractivity contribution is 5.95. The molecule has 156 valence electrons. The fourth-order valence-electron chi connectivity index (χ4n) is 3.83. The van der Waals surface area contributed by atoms with E-state index in [9.17, 15) is 0 Å². The van der Waals surface area contributed by atoms with E-state index in [0.717, 1.165) is 49.0 Å². The Morgan fingerprint density at radius 1 is 0.931 bits per heavy atom. The number of hydrogen-bond acceptors (Lipinski definition) is 4. The second-order valence-electron chi connectivity index (χ2n) is 7.06. The van der Waals surface area contributed by atoms with E-state index in [1.165, 1.54) is 23.7 Å². The maximum absolute atomic E-state index is 5.30. The van der Waals surface area contributed by atoms with Gasteiger partial charge in [0.15, 0.2) is 0 Å². The van der Waals surface area contributed by atoms with Gasteiger partial charge in [0.1, 0.15) is 11.6 Å². The molecule has 0 spiro atoms. The number of fused-ring (bicyclic) bond motifs is 1. The van der Waals surface area contributed by atoms with Gasteiger partial charge in [-0.25, -0.2) is 4.98 Å². The number of ether oxygens (including phenoxy) is 1. The van der Waals surface area contributed by atoms with Crippen LogP contribution < -0.4 is 9.64 Å². The molecule has 2 aromatic carbocycles. The fourth-order valence-corrected chi connectivity index (χ4v) is 3.83. The molecule has 0 radical (unpaired) electrons. The largest absolute Gasteiger partial charge is 0.497 e. The molecule has 0 N–H and O–H groups in total. The van der Waals surface area contributed by atoms with Crippen molar-refractivity contribution in [2.24, 2.45) is 0 Å². The molecule has 1 aliphatic rings. The van der Waals surface area contributed by atoms with E-state index in [1.807, 2.05) is 12.1 Å². The summed E-state index contributed by atoms with van der Waals surface area (Å²) in [6, 6.07) is 18.9. The van der Waals surface area contributed by atoms with E-state index < -0.39 is 0 Å². The van der Waals surface area contributed by atoms with Crippen LogP contribution in [0.25, 0.3) is 22.0 Å². The molecule has 1 aliphatic heterocycles. The van der Waals surface area contributed by atoms with Crippen LogP contribution in [0.3, 0.4) is 0 Å². The zero-order valence-corrected chi connectivity index (χ0v) is 18.6. The lowest BCUT2D eigenvalue weighted by atomic mass is 10.1. The number of likely N-dealkylation sites (N-methyl/N-ethyl adjacent to an activating group) is 1. The van der Waals surface area contributed by atoms with E-state index in [0.29, 0.717) is 0 Å². The van der Waals surface area contributed by atoms with Crippen molar-refractivity contribution in [1.29, 1.82) is 0 Å². The van der Waals surface area contributed by atoms with Crippen molar-refractivity contribution in [1.82, 2.24) is 9.88 Å². The van der Waals surface area contributed by atoms with Crippen LogP contribution in [0, 0.1) is 0 Å². The Balaban J connectivity index is 0.00000150. The summed E-state index contributed by atoms with van der Waals surface area (Å²) in [7, 11) is 1.69. The van der Waals surface area contributed by atoms with Crippen LogP contribution in [0.5, 0.6) is 5.75 Å². The minimum absolute atomic E-state index is 0. The molecule has 0 bridgehead atoms. The van der Waals surface area contributed by atoms with Crippen LogP contribution in [0.2, 0.25) is 0 Å². The summed E-state index contributed by atoms with van der Waals surface area (Å²) >= 11 is 0. The van der Waals surface area contributed by atoms with Gasteiger partial charge >= 0.3 is 0 Å². The first-order valence-corrected chi connectivity index (χ1v) is 9.80. The maximum atomic E-state index is 5.30. The third-order valence-electron chi connectivity index (χ3n) is 5.44. The standard InChI is InChI=1S/C23H27N3O.2ClH/c1-3-25-13-6-14-26(16-15-25)23-21-8-5-4-7-19(21)17-22(24-23)18-9-11-20(27-2)12-10-18;;/h4-5,7-12,17H,3,6,13-16H2,1-2H3;2*1H. The zero-order chi connectivity index (χ0) is 18.6. The lowest BCUT2D eigenvalue weighted by molar-refractivity contribution is 0.310. The summed E-state index contributed by atoms with van der Waals surface area (Å²) in [5.74, 6) is 1.98. The lowest BCUT2D eigenvalue weighted by Gasteiger charge is -2.24. The SMILES string of the molecule is CCN1CCCN(c2nc(-c3ccc(OC)cc3)cc3ccccc23)CC1.Cl.Cl. The van der Waals surface area contributed by atoms with Gasteiger partial charge in [-0.1, -0.05) is 31.2 Å². The van der Waals surface area contributed by atoms with Crippen molar-refractivity contribution in [3.05, 3.63) is 54.6 Å². The summed E-state index contributed by atoms with van der Waals surface area (Å²) in [6.07, 6.45) is 1.18. The van der Waals surface area contributed by atoms with Gasteiger partial charge in [-0.2, -0.15) is 0 Å². The Labute approximate surface area is 185 Å². The predicted octanol–water partition coefficient (Wildman–Crippen LogP) is 5.29. The average molecular weight is 434 g/mol. The Morgan fingerprint density at radius 2 is 1.69 bits per heavy atom. The van der Waals surface area contributed by atoms with E-state index in [4.69, 9.17) is 9.72 Å². The van der Waals surface area contributed by atoms with E-state index in [-0.39, 0.29) is 24.8 Å². The number of anilines is 1. The summed E-state index contributed by atoms with van der Waals surface area (Å²) in [4.78, 5) is 10.1. The number of benzene rings is 2. The smallest absolute Gasteiger partial charge is 0.137 e. The molecular formula is C23H29Cl2N3O. The first-order valence-electron chi connectivity index (χ1n) is 9.80. The third kappa shape index (κ3) is 5.13. The topological polar surface area (TPSA) is 28.6 Å². The molecule has 0 atom stereocenters. The first-order chi connectivity index (χ1) is 13.3. The summed E-state index contributed by atoms with van der Waals surface area (Å²) in [5.41, 5.74) is 2.13. The maximum Gasteiger partial charge on any atom is 0.137 e. The summed E-state index contributed by atoms with van der Waals surface area (Å²) in [6.45, 7) is 7.71. The number of nitrogens with zero attached hydrogens (tertiary/aromatic N) is 3. The van der Waals surface area contributed by atoms with Crippen molar-refractivity contribution in [2.75, 3.05) is 44.7 Å². The minimum atomic E-state index is 0. The van der Waals surface area contributed by atoms with Crippen molar-refractivity contribution in [2.45, 2.75) is 13.3 Å². The van der Waals surface area contributed by atoms with Crippen LogP contribution in [0.4, 0.5) is 5.82 Å². The van der Waals surface area contributed by atoms with E-state index in [2.05, 4.69) is 59.2 Å². The molecule has 0 saturated carbocycles. The minimum Gasteiger partial charge on any atom is -0.497 e. The highest BCUT2D eigenvalue weighted by atomic mass is 35.5. The van der Waals surface area contributed by atoms with E-state index in [1.54, 1.807) is 7.11 Å². The van der Waals surface area contributed by atoms with Crippen LogP contribution in [-0.2, 0) is 0 Å². The molecule has 1 saturated heterocycles. The molecule has 0 aliphatic carbocycles. The monoisotopic (exact) mass is 433 g/mol. The molecule has 29 heavy (non-hydrogen) atoms. The number of halogens is 2. The van der Waals surface area contributed by atoms with Gasteiger partial charge in [0.2, 0.25) is 0 Å². The summed E-state index contributed by atoms with van der Waals surface area (Å²) < 4.78 is 5.30. The molecule has 4 nitrogen and oxygen atoms in total. The van der Waals surface area contributed by atoms with Crippen LogP contribution >= 0.6 is 24.8 Å². The second-order valence-corrected chi connectivity index (χ2v) is 7.06. The van der Waals surface area contributed by atoms with Crippen molar-refractivity contribution >= 4 is 41.4 Å². The van der Waals surface area contributed by atoms with Gasteiger partial charge in [0, 0.05) is 30.6 Å². The quantitative estimate of drug-likeness (QED) is 0.558. The summed E-state index contributed by atoms with van der Waals surface area (Å²) in [5, 5.41) is 2.48. The van der Waals surface area contributed by atoms with E-state index >= 15 is 0 Å². The number of methoxy groups -OCH3 is 1. The van der Waals surface area contributed by atoms with Gasteiger partial charge in [-0.05, 0) is 55.2 Å². The van der Waals surface area contributed by atoms with Crippen LogP contribution in [0.1, 0.15) is 13.3 Å². The first kappa shape index (κ1) is 23.3. The highest BCUT2D eigenvalue weighted by Gasteiger charge is 2.18. The van der Waals surface area contributed by atoms with Crippen LogP contribution in [-0.4, -0.2) is 49.7 Å². The predicted molar refractivity (Wildman–Crippen MR) is 127 cm³/mol. The molecule has 2 heterocycles. The van der Waals surface area contributed by atoms with Gasteiger partial charge in [-0.3, -0.25) is 0 Å². The second kappa shape index (κ2) is 10.7. The van der Waals surface area contributed by atoms with Crippen molar-refractivity contribution < 1.29 is 4.74 Å². The van der Waals surface area contributed by atoms with Gasteiger partial charge in [0.25, 0.3) is 0 Å². The molecule has 1 fully saturated rings. The number of aromatic nitrogens is 1. The zero-order valence-electron chi connectivity index (χ0n) is 17.0. The number of pyridine rings is 1. The van der Waals surface area contributed by atoms with Gasteiger partial charge in [0.05, 0.1) is 12.8 Å². The average Bonchev–Trinajstić information content (AvgIpc) is 2.98. The van der Waals surface area contributed by atoms with Crippen LogP contribution in [0.15, 0.2) is 54.6 Å². The van der Waals surface area contributed by atoms with Gasteiger partial charge < -0.3 is 14.5 Å². The Morgan fingerprint density at radius 3 is 2.41 bits per heavy atom.